The molecule has 0 aliphatic carbocycles. The molecular formula is C15H21NO4. The van der Waals surface area contributed by atoms with Crippen molar-refractivity contribution in [2.24, 2.45) is 0 Å². The third-order valence-corrected chi connectivity index (χ3v) is 2.70. The van der Waals surface area contributed by atoms with Crippen LogP contribution < -0.4 is 4.74 Å². The average Bonchev–Trinajstić information content (AvgIpc) is 2.39. The van der Waals surface area contributed by atoms with Crippen molar-refractivity contribution in [2.75, 3.05) is 33.4 Å². The molecule has 0 unspecified atom stereocenters. The van der Waals surface area contributed by atoms with Crippen LogP contribution in [0.3, 0.4) is 0 Å². The number of para-hydroxylation sites is 1. The zero-order valence-corrected chi connectivity index (χ0v) is 12.2. The lowest BCUT2D eigenvalue weighted by Gasteiger charge is -2.16. The molecule has 0 heterocycles. The van der Waals surface area contributed by atoms with Gasteiger partial charge in [-0.3, -0.25) is 14.5 Å². The van der Waals surface area contributed by atoms with E-state index in [0.717, 1.165) is 0 Å². The fourth-order valence-corrected chi connectivity index (χ4v) is 1.70. The van der Waals surface area contributed by atoms with Crippen molar-refractivity contribution in [3.63, 3.8) is 0 Å². The minimum atomic E-state index is -0.251. The maximum absolute atomic E-state index is 11.4. The van der Waals surface area contributed by atoms with Crippen molar-refractivity contribution >= 4 is 11.8 Å². The maximum atomic E-state index is 11.4. The van der Waals surface area contributed by atoms with Gasteiger partial charge >= 0.3 is 5.97 Å². The Balaban J connectivity index is 2.41. The predicted molar refractivity (Wildman–Crippen MR) is 76.1 cm³/mol. The lowest BCUT2D eigenvalue weighted by molar-refractivity contribution is -0.144. The number of nitrogens with zero attached hydrogens (tertiary/aromatic N) is 1. The first-order chi connectivity index (χ1) is 9.54. The second-order valence-corrected chi connectivity index (χ2v) is 4.44. The van der Waals surface area contributed by atoms with Crippen LogP contribution in [0.15, 0.2) is 24.3 Å². The second-order valence-electron chi connectivity index (χ2n) is 4.44. The number of esters is 1. The summed E-state index contributed by atoms with van der Waals surface area (Å²) in [6, 6.07) is 7.13. The van der Waals surface area contributed by atoms with E-state index in [9.17, 15) is 9.59 Å². The van der Waals surface area contributed by atoms with E-state index >= 15 is 0 Å². The fourth-order valence-electron chi connectivity index (χ4n) is 1.70. The van der Waals surface area contributed by atoms with Crippen molar-refractivity contribution in [1.82, 2.24) is 4.90 Å². The summed E-state index contributed by atoms with van der Waals surface area (Å²) in [5.41, 5.74) is 0.570. The highest BCUT2D eigenvalue weighted by atomic mass is 16.5. The van der Waals surface area contributed by atoms with Crippen LogP contribution in [-0.2, 0) is 9.53 Å². The SMILES string of the molecule is CCOC(=O)CN(C)CCOc1ccccc1C(C)=O. The molecule has 0 aliphatic rings. The minimum absolute atomic E-state index is 0.0273. The Hall–Kier alpha value is -1.88. The zero-order chi connectivity index (χ0) is 15.0. The third kappa shape index (κ3) is 5.40. The van der Waals surface area contributed by atoms with Crippen molar-refractivity contribution in [3.8, 4) is 5.75 Å². The molecule has 0 aliphatic heterocycles. The molecule has 0 saturated carbocycles. The summed E-state index contributed by atoms with van der Waals surface area (Å²) in [6.45, 7) is 4.88. The number of carbonyl (C=O) groups is 2. The molecule has 0 fully saturated rings. The van der Waals surface area contributed by atoms with Gasteiger partial charge in [0.1, 0.15) is 12.4 Å². The summed E-state index contributed by atoms with van der Waals surface area (Å²) in [4.78, 5) is 24.5. The first-order valence-electron chi connectivity index (χ1n) is 6.61. The van der Waals surface area contributed by atoms with Gasteiger partial charge in [0, 0.05) is 6.54 Å². The van der Waals surface area contributed by atoms with Crippen LogP contribution in [0.1, 0.15) is 24.2 Å². The topological polar surface area (TPSA) is 55.8 Å². The first-order valence-corrected chi connectivity index (χ1v) is 6.61. The van der Waals surface area contributed by atoms with Crippen molar-refractivity contribution < 1.29 is 19.1 Å². The summed E-state index contributed by atoms with van der Waals surface area (Å²) in [7, 11) is 1.82. The molecule has 1 aromatic rings. The number of rotatable bonds is 8. The maximum Gasteiger partial charge on any atom is 0.320 e. The van der Waals surface area contributed by atoms with Crippen LogP contribution in [0.5, 0.6) is 5.75 Å². The van der Waals surface area contributed by atoms with E-state index in [4.69, 9.17) is 9.47 Å². The van der Waals surface area contributed by atoms with Gasteiger partial charge in [0.15, 0.2) is 5.78 Å². The lowest BCUT2D eigenvalue weighted by Crippen LogP contribution is -2.31. The number of carbonyl (C=O) groups excluding carboxylic acids is 2. The van der Waals surface area contributed by atoms with Gasteiger partial charge in [0.2, 0.25) is 0 Å². The number of Topliss-reactive ketones (excluding diaryl/α,β-unsaturated/α-hetero) is 1. The Morgan fingerprint density at radius 3 is 2.60 bits per heavy atom. The second kappa shape index (κ2) is 8.32. The van der Waals surface area contributed by atoms with Gasteiger partial charge in [-0.2, -0.15) is 0 Å². The molecular weight excluding hydrogens is 258 g/mol. The van der Waals surface area contributed by atoms with Gasteiger partial charge in [0.05, 0.1) is 18.7 Å². The largest absolute Gasteiger partial charge is 0.491 e. The molecule has 110 valence electrons. The Kier molecular flexibility index (Phi) is 6.73. The van der Waals surface area contributed by atoms with E-state index in [2.05, 4.69) is 0 Å². The van der Waals surface area contributed by atoms with Gasteiger partial charge in [-0.05, 0) is 33.0 Å². The average molecular weight is 279 g/mol. The van der Waals surface area contributed by atoms with Gasteiger partial charge < -0.3 is 9.47 Å². The summed E-state index contributed by atoms with van der Waals surface area (Å²) in [6.07, 6.45) is 0. The minimum Gasteiger partial charge on any atom is -0.491 e. The molecule has 0 spiro atoms. The molecule has 0 amide bonds. The number of ether oxygens (including phenoxy) is 2. The van der Waals surface area contributed by atoms with E-state index in [-0.39, 0.29) is 18.3 Å². The summed E-state index contributed by atoms with van der Waals surface area (Å²) in [5, 5.41) is 0. The molecule has 0 saturated heterocycles. The fraction of sp³-hybridized carbons (Fsp3) is 0.467. The highest BCUT2D eigenvalue weighted by molar-refractivity contribution is 5.96. The number of ketones is 1. The first kappa shape index (κ1) is 16.2. The van der Waals surface area contributed by atoms with Crippen LogP contribution >= 0.6 is 0 Å². The van der Waals surface area contributed by atoms with Crippen molar-refractivity contribution in [1.29, 1.82) is 0 Å². The highest BCUT2D eigenvalue weighted by Gasteiger charge is 2.09. The van der Waals surface area contributed by atoms with E-state index in [1.807, 2.05) is 18.0 Å². The smallest absolute Gasteiger partial charge is 0.320 e. The van der Waals surface area contributed by atoms with E-state index in [1.165, 1.54) is 6.92 Å². The van der Waals surface area contributed by atoms with Crippen molar-refractivity contribution in [3.05, 3.63) is 29.8 Å². The Labute approximate surface area is 119 Å². The summed E-state index contributed by atoms with van der Waals surface area (Å²) < 4.78 is 10.5. The Bertz CT molecular complexity index is 459. The third-order valence-electron chi connectivity index (χ3n) is 2.70. The Morgan fingerprint density at radius 1 is 1.25 bits per heavy atom. The van der Waals surface area contributed by atoms with Gasteiger partial charge in [-0.1, -0.05) is 12.1 Å². The van der Waals surface area contributed by atoms with Gasteiger partial charge in [-0.15, -0.1) is 0 Å². The normalized spacial score (nSPS) is 10.4. The van der Waals surface area contributed by atoms with E-state index in [1.54, 1.807) is 25.1 Å². The quantitative estimate of drug-likeness (QED) is 0.536. The molecule has 1 rings (SSSR count). The van der Waals surface area contributed by atoms with Crippen LogP contribution in [-0.4, -0.2) is 50.0 Å². The molecule has 0 aromatic heterocycles. The summed E-state index contributed by atoms with van der Waals surface area (Å²) in [5.74, 6) is 0.296. The van der Waals surface area contributed by atoms with E-state index in [0.29, 0.717) is 31.1 Å². The molecule has 1 aromatic carbocycles. The van der Waals surface area contributed by atoms with Gasteiger partial charge in [-0.25, -0.2) is 0 Å². The highest BCUT2D eigenvalue weighted by Crippen LogP contribution is 2.18. The monoisotopic (exact) mass is 279 g/mol. The zero-order valence-electron chi connectivity index (χ0n) is 12.2. The van der Waals surface area contributed by atoms with Gasteiger partial charge in [0.25, 0.3) is 0 Å². The summed E-state index contributed by atoms with van der Waals surface area (Å²) >= 11 is 0. The Morgan fingerprint density at radius 2 is 1.95 bits per heavy atom. The lowest BCUT2D eigenvalue weighted by atomic mass is 10.1. The number of benzene rings is 1. The van der Waals surface area contributed by atoms with Crippen molar-refractivity contribution in [2.45, 2.75) is 13.8 Å². The predicted octanol–water partition coefficient (Wildman–Crippen LogP) is 1.76. The number of likely N-dealkylation sites (N-methyl/N-ethyl adjacent to an activating group) is 1. The molecule has 0 atom stereocenters. The standard InChI is InChI=1S/C15H21NO4/c1-4-19-15(18)11-16(3)9-10-20-14-8-6-5-7-13(14)12(2)17/h5-8H,4,9-11H2,1-3H3. The van der Waals surface area contributed by atoms with E-state index < -0.39 is 0 Å². The molecule has 0 bridgehead atoms. The van der Waals surface area contributed by atoms with Crippen LogP contribution in [0.2, 0.25) is 0 Å². The molecule has 20 heavy (non-hydrogen) atoms. The molecule has 0 radical (unpaired) electrons. The number of hydrogen-bond acceptors (Lipinski definition) is 5. The van der Waals surface area contributed by atoms with Crippen LogP contribution in [0.4, 0.5) is 0 Å². The number of hydrogen-bond donors (Lipinski definition) is 0. The molecule has 0 N–H and O–H groups in total. The van der Waals surface area contributed by atoms with Crippen LogP contribution in [0, 0.1) is 0 Å². The van der Waals surface area contributed by atoms with Crippen LogP contribution in [0.25, 0.3) is 0 Å². The molecule has 5 heteroatoms. The molecule has 5 nitrogen and oxygen atoms in total.